The first-order valence-corrected chi connectivity index (χ1v) is 9.89. The molecule has 0 unspecified atom stereocenters. The minimum absolute atomic E-state index is 0.238. The quantitative estimate of drug-likeness (QED) is 0.833. The predicted octanol–water partition coefficient (Wildman–Crippen LogP) is 2.68. The highest BCUT2D eigenvalue weighted by Crippen LogP contribution is 2.50. The summed E-state index contributed by atoms with van der Waals surface area (Å²) in [6.45, 7) is 11.0. The van der Waals surface area contributed by atoms with E-state index in [0.29, 0.717) is 11.8 Å². The number of hydrogen-bond donors (Lipinski definition) is 0. The van der Waals surface area contributed by atoms with Gasteiger partial charge in [0.05, 0.1) is 0 Å². The van der Waals surface area contributed by atoms with Crippen LogP contribution in [0.5, 0.6) is 0 Å². The van der Waals surface area contributed by atoms with Gasteiger partial charge in [0.1, 0.15) is 11.4 Å². The molecular weight excluding hydrogens is 326 g/mol. The molecular formula is C20H29N5O. The van der Waals surface area contributed by atoms with Gasteiger partial charge in [0, 0.05) is 44.4 Å². The second-order valence-corrected chi connectivity index (χ2v) is 8.49. The minimum Gasteiger partial charge on any atom is -0.340 e. The maximum atomic E-state index is 13.4. The van der Waals surface area contributed by atoms with E-state index in [9.17, 15) is 4.79 Å². The summed E-state index contributed by atoms with van der Waals surface area (Å²) >= 11 is 0. The Morgan fingerprint density at radius 2 is 2.00 bits per heavy atom. The zero-order chi connectivity index (χ0) is 18.5. The fourth-order valence-electron chi connectivity index (χ4n) is 4.93. The van der Waals surface area contributed by atoms with Crippen LogP contribution in [0.15, 0.2) is 17.4 Å². The summed E-state index contributed by atoms with van der Waals surface area (Å²) in [6, 6.07) is 0. The molecule has 1 aliphatic carbocycles. The Hall–Kier alpha value is -1.98. The smallest absolute Gasteiger partial charge is 0.256 e. The predicted molar refractivity (Wildman–Crippen MR) is 102 cm³/mol. The third-order valence-corrected chi connectivity index (χ3v) is 6.12. The molecule has 3 heterocycles. The third-order valence-electron chi connectivity index (χ3n) is 6.12. The largest absolute Gasteiger partial charge is 0.340 e. The van der Waals surface area contributed by atoms with Crippen LogP contribution in [0.2, 0.25) is 0 Å². The summed E-state index contributed by atoms with van der Waals surface area (Å²) in [6.07, 6.45) is 6.51. The lowest BCUT2D eigenvalue weighted by atomic mass is 9.85. The van der Waals surface area contributed by atoms with Crippen LogP contribution in [0, 0.1) is 24.7 Å². The van der Waals surface area contributed by atoms with Crippen molar-refractivity contribution in [2.45, 2.75) is 52.5 Å². The Balaban J connectivity index is 1.60. The van der Waals surface area contributed by atoms with Gasteiger partial charge < -0.3 is 4.90 Å². The lowest BCUT2D eigenvalue weighted by Gasteiger charge is -2.28. The van der Waals surface area contributed by atoms with Gasteiger partial charge in [0.2, 0.25) is 5.95 Å². The highest BCUT2D eigenvalue weighted by atomic mass is 16.2. The molecule has 140 valence electrons. The Morgan fingerprint density at radius 1 is 1.27 bits per heavy atom. The number of aliphatic imine (C=N–C) groups is 1. The summed E-state index contributed by atoms with van der Waals surface area (Å²) in [7, 11) is 0. The number of amidine groups is 1. The van der Waals surface area contributed by atoms with Gasteiger partial charge in [-0.25, -0.2) is 9.97 Å². The SMILES string of the molecule is CCC1=N[C@]2(CC[C@H]3CN(c4ncc(C)cn4)C[C@H]32)C(=O)N1CC(C)C. The summed E-state index contributed by atoms with van der Waals surface area (Å²) in [4.78, 5) is 31.7. The van der Waals surface area contributed by atoms with Gasteiger partial charge in [-0.15, -0.1) is 0 Å². The van der Waals surface area contributed by atoms with Crippen LogP contribution in [-0.4, -0.2) is 51.8 Å². The Kier molecular flexibility index (Phi) is 4.24. The molecule has 0 bridgehead atoms. The van der Waals surface area contributed by atoms with Crippen molar-refractivity contribution < 1.29 is 4.79 Å². The first kappa shape index (κ1) is 17.4. The Morgan fingerprint density at radius 3 is 2.65 bits per heavy atom. The zero-order valence-corrected chi connectivity index (χ0v) is 16.3. The molecule has 0 aromatic carbocycles. The lowest BCUT2D eigenvalue weighted by molar-refractivity contribution is -0.132. The van der Waals surface area contributed by atoms with Gasteiger partial charge in [-0.05, 0) is 37.2 Å². The van der Waals surface area contributed by atoms with Crippen molar-refractivity contribution >= 4 is 17.7 Å². The van der Waals surface area contributed by atoms with E-state index in [1.165, 1.54) is 0 Å². The van der Waals surface area contributed by atoms with E-state index in [0.717, 1.165) is 56.2 Å². The van der Waals surface area contributed by atoms with Crippen molar-refractivity contribution in [2.24, 2.45) is 22.7 Å². The number of carbonyl (C=O) groups excluding carboxylic acids is 1. The fraction of sp³-hybridized carbons (Fsp3) is 0.700. The molecule has 0 radical (unpaired) electrons. The van der Waals surface area contributed by atoms with Crippen molar-refractivity contribution in [3.8, 4) is 0 Å². The number of anilines is 1. The number of aromatic nitrogens is 2. The topological polar surface area (TPSA) is 61.7 Å². The average molecular weight is 355 g/mol. The standard InChI is InChI=1S/C20H29N5O/c1-5-17-23-20(18(26)25(17)10-13(2)3)7-6-15-11-24(12-16(15)20)19-21-8-14(4)9-22-19/h8-9,13,15-16H,5-7,10-12H2,1-4H3/t15-,16+,20-/m0/s1. The van der Waals surface area contributed by atoms with Crippen LogP contribution in [0.4, 0.5) is 5.95 Å². The molecule has 2 fully saturated rings. The number of carbonyl (C=O) groups is 1. The fourth-order valence-corrected chi connectivity index (χ4v) is 4.93. The van der Waals surface area contributed by atoms with E-state index in [1.807, 2.05) is 24.2 Å². The first-order chi connectivity index (χ1) is 12.4. The lowest BCUT2D eigenvalue weighted by Crippen LogP contribution is -2.47. The van der Waals surface area contributed by atoms with Crippen LogP contribution in [0.25, 0.3) is 0 Å². The molecule has 1 amide bonds. The Bertz CT molecular complexity index is 728. The molecule has 3 atom stereocenters. The molecule has 0 N–H and O–H groups in total. The van der Waals surface area contributed by atoms with Gasteiger partial charge >= 0.3 is 0 Å². The molecule has 6 heteroatoms. The molecule has 4 rings (SSSR count). The molecule has 1 saturated carbocycles. The molecule has 26 heavy (non-hydrogen) atoms. The van der Waals surface area contributed by atoms with Crippen LogP contribution in [-0.2, 0) is 4.79 Å². The van der Waals surface area contributed by atoms with Crippen LogP contribution >= 0.6 is 0 Å². The normalized spacial score (nSPS) is 30.7. The van der Waals surface area contributed by atoms with E-state index in [2.05, 4.69) is 35.6 Å². The van der Waals surface area contributed by atoms with Crippen molar-refractivity contribution in [1.82, 2.24) is 14.9 Å². The second kappa shape index (κ2) is 6.32. The zero-order valence-electron chi connectivity index (χ0n) is 16.3. The molecule has 1 aromatic rings. The summed E-state index contributed by atoms with van der Waals surface area (Å²) < 4.78 is 0. The average Bonchev–Trinajstić information content (AvgIpc) is 3.25. The summed E-state index contributed by atoms with van der Waals surface area (Å²) in [5.41, 5.74) is 0.529. The van der Waals surface area contributed by atoms with Gasteiger partial charge in [0.25, 0.3) is 5.91 Å². The minimum atomic E-state index is -0.537. The van der Waals surface area contributed by atoms with Crippen LogP contribution in [0.1, 0.15) is 45.6 Å². The monoisotopic (exact) mass is 355 g/mol. The molecule has 6 nitrogen and oxygen atoms in total. The molecule has 2 aliphatic heterocycles. The number of fused-ring (bicyclic) bond motifs is 2. The highest BCUT2D eigenvalue weighted by Gasteiger charge is 2.61. The first-order valence-electron chi connectivity index (χ1n) is 9.89. The number of rotatable bonds is 4. The van der Waals surface area contributed by atoms with Gasteiger partial charge in [-0.2, -0.15) is 0 Å². The van der Waals surface area contributed by atoms with Crippen molar-refractivity contribution in [2.75, 3.05) is 24.5 Å². The van der Waals surface area contributed by atoms with E-state index in [-0.39, 0.29) is 11.8 Å². The Labute approximate surface area is 155 Å². The van der Waals surface area contributed by atoms with Crippen LogP contribution in [0.3, 0.4) is 0 Å². The van der Waals surface area contributed by atoms with E-state index in [1.54, 1.807) is 0 Å². The maximum Gasteiger partial charge on any atom is 0.256 e. The van der Waals surface area contributed by atoms with Crippen LogP contribution < -0.4 is 4.90 Å². The number of hydrogen-bond acceptors (Lipinski definition) is 5. The number of aryl methyl sites for hydroxylation is 1. The number of amides is 1. The number of nitrogens with zero attached hydrogens (tertiary/aromatic N) is 5. The van der Waals surface area contributed by atoms with Gasteiger partial charge in [-0.1, -0.05) is 20.8 Å². The van der Waals surface area contributed by atoms with Crippen molar-refractivity contribution in [1.29, 1.82) is 0 Å². The van der Waals surface area contributed by atoms with Gasteiger partial charge in [0.15, 0.2) is 0 Å². The molecule has 3 aliphatic rings. The maximum absolute atomic E-state index is 13.4. The summed E-state index contributed by atoms with van der Waals surface area (Å²) in [5, 5.41) is 0. The van der Waals surface area contributed by atoms with Gasteiger partial charge in [-0.3, -0.25) is 14.7 Å². The van der Waals surface area contributed by atoms with Crippen molar-refractivity contribution in [3.05, 3.63) is 18.0 Å². The third kappa shape index (κ3) is 2.61. The van der Waals surface area contributed by atoms with E-state index >= 15 is 0 Å². The van der Waals surface area contributed by atoms with Crippen molar-refractivity contribution in [3.63, 3.8) is 0 Å². The highest BCUT2D eigenvalue weighted by molar-refractivity contribution is 6.08. The molecule has 1 saturated heterocycles. The van der Waals surface area contributed by atoms with E-state index < -0.39 is 5.54 Å². The molecule has 1 aromatic heterocycles. The summed E-state index contributed by atoms with van der Waals surface area (Å²) in [5.74, 6) is 3.23. The molecule has 1 spiro atoms. The second-order valence-electron chi connectivity index (χ2n) is 8.49. The van der Waals surface area contributed by atoms with E-state index in [4.69, 9.17) is 4.99 Å².